The van der Waals surface area contributed by atoms with E-state index in [2.05, 4.69) is 0 Å². The van der Waals surface area contributed by atoms with Gasteiger partial charge in [-0.3, -0.25) is 0 Å². The van der Waals surface area contributed by atoms with E-state index in [0.717, 1.165) is 0 Å². The Kier molecular flexibility index (Phi) is 4.76. The van der Waals surface area contributed by atoms with Gasteiger partial charge in [-0.2, -0.15) is 0 Å². The van der Waals surface area contributed by atoms with Crippen molar-refractivity contribution in [1.29, 1.82) is 0 Å². The summed E-state index contributed by atoms with van der Waals surface area (Å²) in [4.78, 5) is 0.0712. The summed E-state index contributed by atoms with van der Waals surface area (Å²) in [6.07, 6.45) is 0. The summed E-state index contributed by atoms with van der Waals surface area (Å²) in [6.45, 7) is 0. The van der Waals surface area contributed by atoms with Crippen molar-refractivity contribution in [3.05, 3.63) is 29.3 Å². The molecule has 1 rings (SSSR count). The summed E-state index contributed by atoms with van der Waals surface area (Å²) in [5, 5.41) is 5.32. The van der Waals surface area contributed by atoms with Gasteiger partial charge in [0.1, 0.15) is 0 Å². The van der Waals surface area contributed by atoms with Gasteiger partial charge in [0.2, 0.25) is 10.0 Å². The van der Waals surface area contributed by atoms with E-state index < -0.39 is 10.0 Å². The molecule has 0 heterocycles. The van der Waals surface area contributed by atoms with Crippen LogP contribution in [0, 0.1) is 0 Å². The maximum absolute atomic E-state index is 10.7. The molecular formula is C6H6ClNNaO2S. The fraction of sp³-hybridized carbons (Fsp3) is 0. The van der Waals surface area contributed by atoms with Crippen molar-refractivity contribution < 1.29 is 8.42 Å². The molecule has 0 aromatic heterocycles. The Hall–Kier alpha value is 0.420. The van der Waals surface area contributed by atoms with Gasteiger partial charge in [-0.25, -0.2) is 13.6 Å². The van der Waals surface area contributed by atoms with Gasteiger partial charge in [-0.05, 0) is 24.3 Å². The minimum Gasteiger partial charge on any atom is -0.225 e. The third-order valence-electron chi connectivity index (χ3n) is 1.14. The molecule has 0 saturated heterocycles. The van der Waals surface area contributed by atoms with Crippen LogP contribution >= 0.6 is 11.6 Å². The summed E-state index contributed by atoms with van der Waals surface area (Å²) in [7, 11) is -3.58. The van der Waals surface area contributed by atoms with Gasteiger partial charge in [0.05, 0.1) is 4.90 Å². The summed E-state index contributed by atoms with van der Waals surface area (Å²) >= 11 is 5.53. The minimum atomic E-state index is -3.58. The van der Waals surface area contributed by atoms with Crippen molar-refractivity contribution in [1.82, 2.24) is 0 Å². The number of hydrogen-bond donors (Lipinski definition) is 1. The molecule has 6 heteroatoms. The number of hydrogen-bond acceptors (Lipinski definition) is 2. The molecule has 1 aromatic carbocycles. The molecule has 0 aliphatic rings. The molecule has 1 aromatic rings. The van der Waals surface area contributed by atoms with Crippen molar-refractivity contribution in [3.63, 3.8) is 0 Å². The molecule has 0 aliphatic heterocycles. The number of halogens is 1. The van der Waals surface area contributed by atoms with E-state index in [4.69, 9.17) is 16.7 Å². The average molecular weight is 215 g/mol. The second kappa shape index (κ2) is 4.60. The molecule has 0 atom stereocenters. The monoisotopic (exact) mass is 214 g/mol. The Morgan fingerprint density at radius 1 is 1.17 bits per heavy atom. The van der Waals surface area contributed by atoms with Crippen molar-refractivity contribution in [2.45, 2.75) is 4.90 Å². The average Bonchev–Trinajstić information content (AvgIpc) is 1.86. The standard InChI is InChI=1S/C6H6ClNO2S.Na/c7-5-1-3-6(4-2-5)11(8,9)10;/h1-4H,(H2,8,9,10);. The molecule has 0 saturated carbocycles. The molecule has 0 unspecified atom stereocenters. The van der Waals surface area contributed by atoms with Crippen LogP contribution in [-0.4, -0.2) is 38.0 Å². The van der Waals surface area contributed by atoms with Crippen molar-refractivity contribution in [2.75, 3.05) is 0 Å². The number of benzene rings is 1. The summed E-state index contributed by atoms with van der Waals surface area (Å²) in [5.74, 6) is 0. The first-order valence-corrected chi connectivity index (χ1v) is 4.71. The Labute approximate surface area is 98.2 Å². The van der Waals surface area contributed by atoms with Gasteiger partial charge in [0.15, 0.2) is 0 Å². The normalized spacial score (nSPS) is 10.5. The number of primary sulfonamides is 1. The zero-order valence-corrected chi connectivity index (χ0v) is 10.1. The molecule has 0 bridgehead atoms. The molecular weight excluding hydrogens is 209 g/mol. The van der Waals surface area contributed by atoms with Gasteiger partial charge in [-0.1, -0.05) is 11.6 Å². The van der Waals surface area contributed by atoms with Gasteiger partial charge in [0.25, 0.3) is 0 Å². The number of rotatable bonds is 1. The quantitative estimate of drug-likeness (QED) is 0.697. The molecule has 1 radical (unpaired) electrons. The van der Waals surface area contributed by atoms with Crippen LogP contribution in [0.5, 0.6) is 0 Å². The SMILES string of the molecule is NS(=O)(=O)c1ccc(Cl)cc1.[Na]. The summed E-state index contributed by atoms with van der Waals surface area (Å²) in [5.41, 5.74) is 0. The van der Waals surface area contributed by atoms with E-state index in [0.29, 0.717) is 5.02 Å². The largest absolute Gasteiger partial charge is 0.238 e. The zero-order valence-electron chi connectivity index (χ0n) is 6.49. The third kappa shape index (κ3) is 3.43. The molecule has 3 nitrogen and oxygen atoms in total. The Balaban J connectivity index is 0.00000121. The molecule has 12 heavy (non-hydrogen) atoms. The predicted molar refractivity (Wildman–Crippen MR) is 48.6 cm³/mol. The zero-order chi connectivity index (χ0) is 8.48. The van der Waals surface area contributed by atoms with Crippen LogP contribution in [0.3, 0.4) is 0 Å². The molecule has 2 N–H and O–H groups in total. The Morgan fingerprint density at radius 3 is 1.92 bits per heavy atom. The maximum atomic E-state index is 10.7. The fourth-order valence-electron chi connectivity index (χ4n) is 0.624. The van der Waals surface area contributed by atoms with E-state index in [1.165, 1.54) is 24.3 Å². The molecule has 0 fully saturated rings. The molecule has 61 valence electrons. The number of sulfonamides is 1. The van der Waals surface area contributed by atoms with Gasteiger partial charge in [0, 0.05) is 34.6 Å². The van der Waals surface area contributed by atoms with Crippen LogP contribution in [0.2, 0.25) is 5.02 Å². The van der Waals surface area contributed by atoms with Crippen LogP contribution in [0.25, 0.3) is 0 Å². The third-order valence-corrected chi connectivity index (χ3v) is 2.32. The van der Waals surface area contributed by atoms with Crippen molar-refractivity contribution in [2.24, 2.45) is 5.14 Å². The first-order valence-electron chi connectivity index (χ1n) is 2.78. The second-order valence-electron chi connectivity index (χ2n) is 2.00. The summed E-state index contributed by atoms with van der Waals surface area (Å²) in [6, 6.07) is 5.66. The molecule has 0 aliphatic carbocycles. The topological polar surface area (TPSA) is 60.2 Å². The second-order valence-corrected chi connectivity index (χ2v) is 4.00. The molecule has 0 spiro atoms. The van der Waals surface area contributed by atoms with Crippen LogP contribution in [-0.2, 0) is 10.0 Å². The van der Waals surface area contributed by atoms with E-state index in [1.54, 1.807) is 0 Å². The van der Waals surface area contributed by atoms with Gasteiger partial charge in [-0.15, -0.1) is 0 Å². The van der Waals surface area contributed by atoms with Gasteiger partial charge >= 0.3 is 0 Å². The maximum Gasteiger partial charge on any atom is 0.238 e. The van der Waals surface area contributed by atoms with E-state index >= 15 is 0 Å². The first kappa shape index (κ1) is 12.4. The smallest absolute Gasteiger partial charge is 0.225 e. The Morgan fingerprint density at radius 2 is 1.58 bits per heavy atom. The summed E-state index contributed by atoms with van der Waals surface area (Å²) < 4.78 is 21.4. The number of nitrogens with two attached hydrogens (primary N) is 1. The molecule has 0 amide bonds. The van der Waals surface area contributed by atoms with Crippen molar-refractivity contribution in [3.8, 4) is 0 Å². The van der Waals surface area contributed by atoms with Crippen LogP contribution in [0.4, 0.5) is 0 Å². The first-order chi connectivity index (χ1) is 5.00. The van der Waals surface area contributed by atoms with E-state index in [-0.39, 0.29) is 34.5 Å². The van der Waals surface area contributed by atoms with Crippen molar-refractivity contribution >= 4 is 51.2 Å². The predicted octanol–water partition coefficient (Wildman–Crippen LogP) is 0.607. The minimum absolute atomic E-state index is 0. The van der Waals surface area contributed by atoms with E-state index in [9.17, 15) is 8.42 Å². The van der Waals surface area contributed by atoms with Crippen LogP contribution < -0.4 is 5.14 Å². The fourth-order valence-corrected chi connectivity index (χ4v) is 1.27. The van der Waals surface area contributed by atoms with E-state index in [1.807, 2.05) is 0 Å². The Bertz CT molecular complexity index is 348. The van der Waals surface area contributed by atoms with Gasteiger partial charge < -0.3 is 0 Å². The van der Waals surface area contributed by atoms with Crippen LogP contribution in [0.15, 0.2) is 29.2 Å². The van der Waals surface area contributed by atoms with Crippen LogP contribution in [0.1, 0.15) is 0 Å².